The number of nitrogens with one attached hydrogen (secondary N) is 1. The normalized spacial score (nSPS) is 10.4. The van der Waals surface area contributed by atoms with Crippen molar-refractivity contribution >= 4 is 6.09 Å². The van der Waals surface area contributed by atoms with Gasteiger partial charge in [-0.25, -0.2) is 4.79 Å². The molecule has 0 aliphatic carbocycles. The van der Waals surface area contributed by atoms with E-state index in [0.29, 0.717) is 25.5 Å². The van der Waals surface area contributed by atoms with Crippen LogP contribution in [0.25, 0.3) is 0 Å². The first-order valence-electron chi connectivity index (χ1n) is 5.91. The zero-order chi connectivity index (χ0) is 13.2. The Kier molecular flexibility index (Phi) is 6.83. The monoisotopic (exact) mass is 252 g/mol. The number of ether oxygens (including phenoxy) is 2. The molecular formula is C13H20N2O3. The lowest BCUT2D eigenvalue weighted by Gasteiger charge is -2.10. The molecule has 0 heterocycles. The van der Waals surface area contributed by atoms with Gasteiger partial charge in [-0.05, 0) is 26.2 Å². The molecule has 1 N–H and O–H groups in total. The molecule has 0 bridgehead atoms. The molecule has 0 atom stereocenters. The molecule has 0 unspecified atom stereocenters. The number of hydrogen-bond donors (Lipinski definition) is 1. The summed E-state index contributed by atoms with van der Waals surface area (Å²) in [6.07, 6.45) is -0.461. The minimum absolute atomic E-state index is 0.444. The van der Waals surface area contributed by atoms with E-state index in [0.717, 1.165) is 6.54 Å². The highest BCUT2D eigenvalue weighted by Crippen LogP contribution is 2.07. The molecule has 0 aromatic heterocycles. The van der Waals surface area contributed by atoms with E-state index in [-0.39, 0.29) is 0 Å². The average molecular weight is 252 g/mol. The molecule has 0 fully saturated rings. The Morgan fingerprint density at radius 3 is 2.61 bits per heavy atom. The first-order valence-corrected chi connectivity index (χ1v) is 5.91. The Balaban J connectivity index is 2.04. The molecule has 0 aliphatic rings. The molecule has 0 spiro atoms. The summed E-state index contributed by atoms with van der Waals surface area (Å²) in [5.41, 5.74) is 0. The van der Waals surface area contributed by atoms with Gasteiger partial charge >= 0.3 is 6.09 Å². The van der Waals surface area contributed by atoms with Crippen molar-refractivity contribution in [3.63, 3.8) is 0 Å². The van der Waals surface area contributed by atoms with Crippen LogP contribution in [0, 0.1) is 0 Å². The number of para-hydroxylation sites is 1. The number of carbonyl (C=O) groups is 1. The van der Waals surface area contributed by atoms with Gasteiger partial charge in [0.15, 0.2) is 0 Å². The molecule has 1 rings (SSSR count). The number of hydrogen-bond acceptors (Lipinski definition) is 4. The van der Waals surface area contributed by atoms with Gasteiger partial charge < -0.3 is 19.7 Å². The third-order valence-corrected chi connectivity index (χ3v) is 2.15. The molecule has 0 saturated heterocycles. The van der Waals surface area contributed by atoms with E-state index in [1.165, 1.54) is 0 Å². The highest BCUT2D eigenvalue weighted by molar-refractivity contribution is 5.70. The third kappa shape index (κ3) is 6.88. The van der Waals surface area contributed by atoms with Gasteiger partial charge in [0, 0.05) is 13.1 Å². The van der Waals surface area contributed by atoms with E-state index in [1.54, 1.807) is 12.1 Å². The largest absolute Gasteiger partial charge is 0.412 e. The molecular weight excluding hydrogens is 232 g/mol. The molecule has 1 aromatic rings. The van der Waals surface area contributed by atoms with Gasteiger partial charge in [-0.1, -0.05) is 18.2 Å². The van der Waals surface area contributed by atoms with Crippen LogP contribution in [0.15, 0.2) is 30.3 Å². The van der Waals surface area contributed by atoms with E-state index in [4.69, 9.17) is 9.47 Å². The fourth-order valence-corrected chi connectivity index (χ4v) is 1.21. The third-order valence-electron chi connectivity index (χ3n) is 2.15. The SMILES string of the molecule is CN(C)CCOCCNC(=O)Oc1ccccc1. The Bertz CT molecular complexity index is 341. The average Bonchev–Trinajstić information content (AvgIpc) is 2.34. The van der Waals surface area contributed by atoms with Crippen LogP contribution in [-0.2, 0) is 4.74 Å². The van der Waals surface area contributed by atoms with Crippen LogP contribution in [0.1, 0.15) is 0 Å². The van der Waals surface area contributed by atoms with Crippen LogP contribution >= 0.6 is 0 Å². The van der Waals surface area contributed by atoms with Crippen molar-refractivity contribution in [1.29, 1.82) is 0 Å². The summed E-state index contributed by atoms with van der Waals surface area (Å²) in [5, 5.41) is 2.62. The first-order chi connectivity index (χ1) is 8.68. The second kappa shape index (κ2) is 8.49. The zero-order valence-corrected chi connectivity index (χ0v) is 10.9. The van der Waals surface area contributed by atoms with E-state index in [2.05, 4.69) is 5.32 Å². The number of benzene rings is 1. The summed E-state index contributed by atoms with van der Waals surface area (Å²) in [5.74, 6) is 0.531. The van der Waals surface area contributed by atoms with Crippen LogP contribution in [0.3, 0.4) is 0 Å². The van der Waals surface area contributed by atoms with Gasteiger partial charge in [-0.3, -0.25) is 0 Å². The predicted octanol–water partition coefficient (Wildman–Crippen LogP) is 1.35. The summed E-state index contributed by atoms with van der Waals surface area (Å²) < 4.78 is 10.4. The highest BCUT2D eigenvalue weighted by atomic mass is 16.6. The maximum Gasteiger partial charge on any atom is 0.412 e. The van der Waals surface area contributed by atoms with Crippen LogP contribution in [-0.4, -0.2) is 51.4 Å². The smallest absolute Gasteiger partial charge is 0.410 e. The molecule has 1 amide bonds. The second-order valence-electron chi connectivity index (χ2n) is 4.04. The standard InChI is InChI=1S/C13H20N2O3/c1-15(2)9-11-17-10-8-14-13(16)18-12-6-4-3-5-7-12/h3-7H,8-11H2,1-2H3,(H,14,16). The van der Waals surface area contributed by atoms with E-state index in [9.17, 15) is 4.79 Å². The van der Waals surface area contributed by atoms with E-state index < -0.39 is 6.09 Å². The van der Waals surface area contributed by atoms with Crippen molar-refractivity contribution in [2.45, 2.75) is 0 Å². The molecule has 0 aliphatic heterocycles. The number of rotatable bonds is 7. The summed E-state index contributed by atoms with van der Waals surface area (Å²) in [6.45, 7) is 2.45. The van der Waals surface area contributed by atoms with Crippen molar-refractivity contribution in [3.8, 4) is 5.75 Å². The Hall–Kier alpha value is -1.59. The van der Waals surface area contributed by atoms with Crippen LogP contribution < -0.4 is 10.1 Å². The number of nitrogens with zero attached hydrogens (tertiary/aromatic N) is 1. The summed E-state index contributed by atoms with van der Waals surface area (Å²) in [6, 6.07) is 8.95. The number of likely N-dealkylation sites (N-methyl/N-ethyl adjacent to an activating group) is 1. The minimum Gasteiger partial charge on any atom is -0.410 e. The van der Waals surface area contributed by atoms with Gasteiger partial charge in [0.2, 0.25) is 0 Å². The van der Waals surface area contributed by atoms with Crippen molar-refractivity contribution in [1.82, 2.24) is 10.2 Å². The fraction of sp³-hybridized carbons (Fsp3) is 0.462. The molecule has 18 heavy (non-hydrogen) atoms. The van der Waals surface area contributed by atoms with Crippen LogP contribution in [0.4, 0.5) is 4.79 Å². The molecule has 5 nitrogen and oxygen atoms in total. The van der Waals surface area contributed by atoms with E-state index in [1.807, 2.05) is 37.2 Å². The Labute approximate surface area is 108 Å². The Morgan fingerprint density at radius 1 is 1.22 bits per heavy atom. The number of carbonyl (C=O) groups excluding carboxylic acids is 1. The van der Waals surface area contributed by atoms with Crippen molar-refractivity contribution in [2.24, 2.45) is 0 Å². The van der Waals surface area contributed by atoms with Crippen LogP contribution in [0.2, 0.25) is 0 Å². The summed E-state index contributed by atoms with van der Waals surface area (Å²) in [7, 11) is 3.97. The fourth-order valence-electron chi connectivity index (χ4n) is 1.21. The lowest BCUT2D eigenvalue weighted by atomic mass is 10.3. The quantitative estimate of drug-likeness (QED) is 0.744. The second-order valence-corrected chi connectivity index (χ2v) is 4.04. The Morgan fingerprint density at radius 2 is 1.94 bits per heavy atom. The minimum atomic E-state index is -0.461. The molecule has 1 aromatic carbocycles. The van der Waals surface area contributed by atoms with Gasteiger partial charge in [0.25, 0.3) is 0 Å². The molecule has 0 saturated carbocycles. The first kappa shape index (κ1) is 14.5. The van der Waals surface area contributed by atoms with E-state index >= 15 is 0 Å². The number of amides is 1. The van der Waals surface area contributed by atoms with Gasteiger partial charge in [0.1, 0.15) is 5.75 Å². The van der Waals surface area contributed by atoms with Crippen LogP contribution in [0.5, 0.6) is 5.75 Å². The lowest BCUT2D eigenvalue weighted by Crippen LogP contribution is -2.30. The summed E-state index contributed by atoms with van der Waals surface area (Å²) in [4.78, 5) is 13.4. The molecule has 5 heteroatoms. The van der Waals surface area contributed by atoms with Crippen molar-refractivity contribution in [3.05, 3.63) is 30.3 Å². The highest BCUT2D eigenvalue weighted by Gasteiger charge is 2.02. The maximum absolute atomic E-state index is 11.4. The molecule has 0 radical (unpaired) electrons. The zero-order valence-electron chi connectivity index (χ0n) is 10.9. The maximum atomic E-state index is 11.4. The van der Waals surface area contributed by atoms with Gasteiger partial charge in [0.05, 0.1) is 13.2 Å². The van der Waals surface area contributed by atoms with Crippen molar-refractivity contribution < 1.29 is 14.3 Å². The summed E-state index contributed by atoms with van der Waals surface area (Å²) >= 11 is 0. The van der Waals surface area contributed by atoms with Crippen molar-refractivity contribution in [2.75, 3.05) is 40.4 Å². The lowest BCUT2D eigenvalue weighted by molar-refractivity contribution is 0.118. The molecule has 100 valence electrons. The van der Waals surface area contributed by atoms with Gasteiger partial charge in [-0.15, -0.1) is 0 Å². The topological polar surface area (TPSA) is 50.8 Å². The predicted molar refractivity (Wildman–Crippen MR) is 69.8 cm³/mol. The van der Waals surface area contributed by atoms with Gasteiger partial charge in [-0.2, -0.15) is 0 Å².